The smallest absolute Gasteiger partial charge is 0.462 e. The molecule has 5 atom stereocenters. The van der Waals surface area contributed by atoms with Gasteiger partial charge in [-0.05, 0) is 37.5 Å². The van der Waals surface area contributed by atoms with E-state index in [1.165, 1.54) is 340 Å². The fourth-order valence-electron chi connectivity index (χ4n) is 15.2. The third-order valence-corrected chi connectivity index (χ3v) is 24.6. The molecule has 19 heteroatoms. The summed E-state index contributed by atoms with van der Waals surface area (Å²) in [5.41, 5.74) is 0. The van der Waals surface area contributed by atoms with Crippen LogP contribution in [0, 0.1) is 11.8 Å². The maximum Gasteiger partial charge on any atom is 0.472 e. The Kier molecular flexibility index (Phi) is 85.5. The summed E-state index contributed by atoms with van der Waals surface area (Å²) in [5.74, 6) is -0.444. The van der Waals surface area contributed by atoms with Crippen LogP contribution in [0.2, 0.25) is 0 Å². The van der Waals surface area contributed by atoms with E-state index >= 15 is 0 Å². The van der Waals surface area contributed by atoms with Gasteiger partial charge in [-0.15, -0.1) is 0 Å². The first-order valence-corrected chi connectivity index (χ1v) is 52.5. The number of ether oxygens (including phenoxy) is 4. The molecule has 0 saturated carbocycles. The van der Waals surface area contributed by atoms with Crippen LogP contribution in [0.5, 0.6) is 0 Å². The molecule has 684 valence electrons. The highest BCUT2D eigenvalue weighted by Crippen LogP contribution is 2.45. The zero-order valence-corrected chi connectivity index (χ0v) is 77.9. The molecule has 0 fully saturated rings. The van der Waals surface area contributed by atoms with Gasteiger partial charge in [0.1, 0.15) is 19.3 Å². The molecule has 3 N–H and O–H groups in total. The lowest BCUT2D eigenvalue weighted by Crippen LogP contribution is -2.30. The SMILES string of the molecule is CCCCCCCCCCCCCCCCCCCCCCC(=O)O[C@H](COC(=O)CCCCCCCCCCCCCCC)COP(=O)(O)OC[C@H](O)COP(=O)(O)OC[C@@H](COC(=O)CCCCCCCCCCCCCCCCCCCCC(C)C)OC(=O)CCCCCCCCCCCCCCCCCCCCC(C)C. The van der Waals surface area contributed by atoms with Crippen LogP contribution in [0.15, 0.2) is 0 Å². The molecule has 0 rings (SSSR count). The number of phosphoric acid groups is 2. The lowest BCUT2D eigenvalue weighted by Gasteiger charge is -2.21. The second kappa shape index (κ2) is 87.0. The van der Waals surface area contributed by atoms with Crippen molar-refractivity contribution in [2.45, 2.75) is 541 Å². The van der Waals surface area contributed by atoms with Gasteiger partial charge in [0.25, 0.3) is 0 Å². The highest BCUT2D eigenvalue weighted by molar-refractivity contribution is 7.47. The number of hydrogen-bond acceptors (Lipinski definition) is 15. The van der Waals surface area contributed by atoms with E-state index in [4.69, 9.17) is 37.0 Å². The Morgan fingerprint density at radius 1 is 0.235 bits per heavy atom. The van der Waals surface area contributed by atoms with Gasteiger partial charge in [-0.3, -0.25) is 37.3 Å². The quantitative estimate of drug-likeness (QED) is 0.0222. The average Bonchev–Trinajstić information content (AvgIpc) is 0.897. The minimum absolute atomic E-state index is 0.109. The molecular formula is C96H188O17P2. The monoisotopic (exact) mass is 1680 g/mol. The first-order valence-electron chi connectivity index (χ1n) is 49.5. The number of aliphatic hydroxyl groups is 1. The third-order valence-electron chi connectivity index (χ3n) is 22.7. The lowest BCUT2D eigenvalue weighted by atomic mass is 10.0. The van der Waals surface area contributed by atoms with Crippen LogP contribution in [0.1, 0.15) is 523 Å². The van der Waals surface area contributed by atoms with Crippen molar-refractivity contribution in [3.63, 3.8) is 0 Å². The number of carbonyl (C=O) groups is 4. The van der Waals surface area contributed by atoms with E-state index in [-0.39, 0.29) is 25.7 Å². The zero-order valence-electron chi connectivity index (χ0n) is 76.1. The van der Waals surface area contributed by atoms with E-state index in [1.807, 2.05) is 0 Å². The van der Waals surface area contributed by atoms with Crippen molar-refractivity contribution >= 4 is 39.5 Å². The van der Waals surface area contributed by atoms with Crippen molar-refractivity contribution in [3.05, 3.63) is 0 Å². The van der Waals surface area contributed by atoms with Crippen molar-refractivity contribution < 1.29 is 80.2 Å². The molecule has 0 radical (unpaired) electrons. The molecule has 115 heavy (non-hydrogen) atoms. The highest BCUT2D eigenvalue weighted by Gasteiger charge is 2.31. The maximum absolute atomic E-state index is 13.2. The van der Waals surface area contributed by atoms with Crippen molar-refractivity contribution in [1.29, 1.82) is 0 Å². The molecule has 0 aliphatic carbocycles. The van der Waals surface area contributed by atoms with E-state index in [0.29, 0.717) is 25.7 Å². The molecule has 0 aliphatic heterocycles. The van der Waals surface area contributed by atoms with Gasteiger partial charge in [-0.1, -0.05) is 472 Å². The molecule has 0 spiro atoms. The van der Waals surface area contributed by atoms with Crippen LogP contribution in [-0.2, 0) is 65.4 Å². The standard InChI is InChI=1S/C96H188O17P2/c1-7-9-11-13-15-17-19-21-22-23-24-25-33-38-44-50-56-62-68-74-80-95(100)112-91(84-106-93(98)78-72-66-60-54-48-40-20-18-16-14-12-10-8-2)86-110-114(102,103)108-82-90(97)83-109-115(104,105)111-87-92(113-96(101)81-75-69-63-57-51-45-39-34-29-27-31-36-42-47-53-59-65-71-77-89(5)6)85-107-94(99)79-73-67-61-55-49-43-37-32-28-26-30-35-41-46-52-58-64-70-76-88(3)4/h88-92,97H,7-87H2,1-6H3,(H,102,103)(H,104,105)/t90-,91+,92+/m0/s1. The molecule has 0 aromatic heterocycles. The minimum atomic E-state index is -4.97. The summed E-state index contributed by atoms with van der Waals surface area (Å²) in [6, 6.07) is 0. The van der Waals surface area contributed by atoms with E-state index in [2.05, 4.69) is 41.5 Å². The summed E-state index contributed by atoms with van der Waals surface area (Å²) < 4.78 is 69.2. The van der Waals surface area contributed by atoms with Crippen molar-refractivity contribution in [2.75, 3.05) is 39.6 Å². The molecule has 17 nitrogen and oxygen atoms in total. The number of rotatable bonds is 95. The molecule has 0 aliphatic rings. The highest BCUT2D eigenvalue weighted by atomic mass is 31.2. The van der Waals surface area contributed by atoms with E-state index in [1.54, 1.807) is 0 Å². The molecule has 0 amide bonds. The molecule has 0 aromatic carbocycles. The Bertz CT molecular complexity index is 2190. The van der Waals surface area contributed by atoms with Gasteiger partial charge in [0.2, 0.25) is 0 Å². The van der Waals surface area contributed by atoms with Crippen LogP contribution >= 0.6 is 15.6 Å². The van der Waals surface area contributed by atoms with Crippen LogP contribution in [0.25, 0.3) is 0 Å². The van der Waals surface area contributed by atoms with Crippen LogP contribution in [0.4, 0.5) is 0 Å². The van der Waals surface area contributed by atoms with Crippen LogP contribution < -0.4 is 0 Å². The largest absolute Gasteiger partial charge is 0.472 e. The molecule has 2 unspecified atom stereocenters. The van der Waals surface area contributed by atoms with E-state index in [9.17, 15) is 43.2 Å². The number of esters is 4. The topological polar surface area (TPSA) is 237 Å². The number of aliphatic hydroxyl groups excluding tert-OH is 1. The number of hydrogen-bond donors (Lipinski definition) is 3. The van der Waals surface area contributed by atoms with Crippen molar-refractivity contribution in [3.8, 4) is 0 Å². The normalized spacial score (nSPS) is 13.7. The summed E-state index contributed by atoms with van der Waals surface area (Å²) in [7, 11) is -9.94. The van der Waals surface area contributed by atoms with Crippen LogP contribution in [0.3, 0.4) is 0 Å². The second-order valence-corrected chi connectivity index (χ2v) is 38.3. The Hall–Kier alpha value is -1.94. The fourth-order valence-corrected chi connectivity index (χ4v) is 16.8. The second-order valence-electron chi connectivity index (χ2n) is 35.4. The molecule has 0 aromatic rings. The first kappa shape index (κ1) is 113. The van der Waals surface area contributed by atoms with Gasteiger partial charge in [-0.25, -0.2) is 9.13 Å². The maximum atomic E-state index is 13.2. The number of phosphoric ester groups is 2. The Morgan fingerprint density at radius 3 is 0.591 bits per heavy atom. The van der Waals surface area contributed by atoms with Crippen molar-refractivity contribution in [1.82, 2.24) is 0 Å². The van der Waals surface area contributed by atoms with Crippen LogP contribution in [-0.4, -0.2) is 96.7 Å². The van der Waals surface area contributed by atoms with Gasteiger partial charge in [0.15, 0.2) is 12.2 Å². The summed E-state index contributed by atoms with van der Waals surface area (Å²) in [6.45, 7) is 9.81. The Morgan fingerprint density at radius 2 is 0.400 bits per heavy atom. The van der Waals surface area contributed by atoms with Gasteiger partial charge < -0.3 is 33.8 Å². The predicted octanol–water partition coefficient (Wildman–Crippen LogP) is 30.1. The van der Waals surface area contributed by atoms with Crippen molar-refractivity contribution in [2.24, 2.45) is 11.8 Å². The van der Waals surface area contributed by atoms with Gasteiger partial charge in [0, 0.05) is 25.7 Å². The van der Waals surface area contributed by atoms with Gasteiger partial charge in [0.05, 0.1) is 26.4 Å². The van der Waals surface area contributed by atoms with Gasteiger partial charge in [-0.2, -0.15) is 0 Å². The average molecular weight is 1680 g/mol. The summed E-state index contributed by atoms with van der Waals surface area (Å²) in [5, 5.41) is 10.7. The fraction of sp³-hybridized carbons (Fsp3) is 0.958. The number of carbonyl (C=O) groups excluding carboxylic acids is 4. The van der Waals surface area contributed by atoms with E-state index in [0.717, 1.165) is 102 Å². The summed E-state index contributed by atoms with van der Waals surface area (Å²) >= 11 is 0. The Labute approximate surface area is 708 Å². The summed E-state index contributed by atoms with van der Waals surface area (Å²) in [6.07, 6.45) is 83.4. The summed E-state index contributed by atoms with van der Waals surface area (Å²) in [4.78, 5) is 73.6. The molecule has 0 bridgehead atoms. The van der Waals surface area contributed by atoms with E-state index < -0.39 is 97.5 Å². The third kappa shape index (κ3) is 89.6. The number of unbranched alkanes of at least 4 members (excludes halogenated alkanes) is 65. The Balaban J connectivity index is 5.25. The predicted molar refractivity (Wildman–Crippen MR) is 478 cm³/mol. The molecule has 0 heterocycles. The minimum Gasteiger partial charge on any atom is -0.462 e. The van der Waals surface area contributed by atoms with Gasteiger partial charge >= 0.3 is 39.5 Å². The zero-order chi connectivity index (χ0) is 84.1. The molecular weight excluding hydrogens is 1490 g/mol. The first-order chi connectivity index (χ1) is 55.9. The lowest BCUT2D eigenvalue weighted by molar-refractivity contribution is -0.161. The molecule has 0 saturated heterocycles.